The Morgan fingerprint density at radius 2 is 1.92 bits per heavy atom. The van der Waals surface area contributed by atoms with Gasteiger partial charge in [0, 0.05) is 0 Å². The molecular formula is C20H22O5. The highest BCUT2D eigenvalue weighted by Crippen LogP contribution is 2.36. The molecule has 1 N–H and O–H groups in total. The van der Waals surface area contributed by atoms with Crippen molar-refractivity contribution < 1.29 is 24.1 Å². The number of ether oxygens (including phenoxy) is 3. The zero-order valence-corrected chi connectivity index (χ0v) is 14.4. The summed E-state index contributed by atoms with van der Waals surface area (Å²) in [6, 6.07) is 12.9. The van der Waals surface area contributed by atoms with E-state index in [0.29, 0.717) is 36.0 Å². The van der Waals surface area contributed by atoms with Gasteiger partial charge in [-0.3, -0.25) is 4.79 Å². The lowest BCUT2D eigenvalue weighted by atomic mass is 9.91. The molecule has 132 valence electrons. The van der Waals surface area contributed by atoms with Crippen molar-refractivity contribution in [2.24, 2.45) is 5.92 Å². The Hall–Kier alpha value is -2.69. The van der Waals surface area contributed by atoms with E-state index in [1.54, 1.807) is 18.2 Å². The summed E-state index contributed by atoms with van der Waals surface area (Å²) >= 11 is 0. The average Bonchev–Trinajstić information content (AvgIpc) is 3.06. The zero-order valence-electron chi connectivity index (χ0n) is 14.4. The number of para-hydroxylation sites is 1. The average molecular weight is 342 g/mol. The number of carboxylic acids is 1. The Morgan fingerprint density at radius 1 is 1.16 bits per heavy atom. The minimum atomic E-state index is -0.877. The first kappa shape index (κ1) is 17.1. The fraction of sp³-hybridized carbons (Fsp3) is 0.350. The number of hydrogen-bond acceptors (Lipinski definition) is 4. The van der Waals surface area contributed by atoms with E-state index in [0.717, 1.165) is 11.3 Å². The summed E-state index contributed by atoms with van der Waals surface area (Å²) in [6.07, 6.45) is 0.350. The van der Waals surface area contributed by atoms with Gasteiger partial charge in [0.15, 0.2) is 11.5 Å². The van der Waals surface area contributed by atoms with Crippen LogP contribution in [0, 0.1) is 5.92 Å². The van der Waals surface area contributed by atoms with E-state index in [4.69, 9.17) is 14.2 Å². The topological polar surface area (TPSA) is 65.0 Å². The third kappa shape index (κ3) is 4.05. The first-order chi connectivity index (χ1) is 12.0. The van der Waals surface area contributed by atoms with Crippen LogP contribution in [0.5, 0.6) is 17.2 Å². The molecule has 0 saturated carbocycles. The van der Waals surface area contributed by atoms with Crippen molar-refractivity contribution in [2.75, 3.05) is 13.4 Å². The Morgan fingerprint density at radius 3 is 2.68 bits per heavy atom. The van der Waals surface area contributed by atoms with Crippen molar-refractivity contribution in [1.82, 2.24) is 0 Å². The van der Waals surface area contributed by atoms with Crippen LogP contribution < -0.4 is 14.2 Å². The minimum Gasteiger partial charge on any atom is -0.493 e. The van der Waals surface area contributed by atoms with Crippen molar-refractivity contribution in [3.05, 3.63) is 53.6 Å². The number of carbonyl (C=O) groups is 1. The highest BCUT2D eigenvalue weighted by molar-refractivity contribution is 5.77. The van der Waals surface area contributed by atoms with Crippen molar-refractivity contribution in [3.8, 4) is 17.2 Å². The number of benzene rings is 2. The number of fused-ring (bicyclic) bond motifs is 1. The Balaban J connectivity index is 1.84. The summed E-state index contributed by atoms with van der Waals surface area (Å²) in [4.78, 5) is 11.9. The molecule has 1 atom stereocenters. The largest absolute Gasteiger partial charge is 0.493 e. The SMILES string of the molecule is CC(C)COc1ccccc1CC(C(=O)O)c1ccc2c(c1)OCO2. The highest BCUT2D eigenvalue weighted by Gasteiger charge is 2.24. The maximum Gasteiger partial charge on any atom is 0.311 e. The molecule has 0 radical (unpaired) electrons. The number of carboxylic acid groups (broad SMARTS) is 1. The lowest BCUT2D eigenvalue weighted by Gasteiger charge is -2.17. The molecule has 1 unspecified atom stereocenters. The molecule has 5 nitrogen and oxygen atoms in total. The van der Waals surface area contributed by atoms with Gasteiger partial charge in [0.25, 0.3) is 0 Å². The van der Waals surface area contributed by atoms with Gasteiger partial charge >= 0.3 is 5.97 Å². The molecule has 0 fully saturated rings. The fourth-order valence-electron chi connectivity index (χ4n) is 2.77. The fourth-order valence-corrected chi connectivity index (χ4v) is 2.77. The highest BCUT2D eigenvalue weighted by atomic mass is 16.7. The summed E-state index contributed by atoms with van der Waals surface area (Å²) in [5, 5.41) is 9.73. The summed E-state index contributed by atoms with van der Waals surface area (Å²) in [7, 11) is 0. The number of aliphatic carboxylic acids is 1. The van der Waals surface area contributed by atoms with Gasteiger partial charge in [-0.15, -0.1) is 0 Å². The van der Waals surface area contributed by atoms with Gasteiger partial charge in [-0.2, -0.15) is 0 Å². The number of hydrogen-bond donors (Lipinski definition) is 1. The van der Waals surface area contributed by atoms with E-state index >= 15 is 0 Å². The van der Waals surface area contributed by atoms with Gasteiger partial charge in [-0.05, 0) is 41.7 Å². The quantitative estimate of drug-likeness (QED) is 0.828. The molecule has 0 aromatic heterocycles. The van der Waals surface area contributed by atoms with Crippen molar-refractivity contribution >= 4 is 5.97 Å². The van der Waals surface area contributed by atoms with Crippen LogP contribution in [-0.4, -0.2) is 24.5 Å². The second-order valence-corrected chi connectivity index (χ2v) is 6.52. The minimum absolute atomic E-state index is 0.169. The van der Waals surface area contributed by atoms with E-state index in [-0.39, 0.29) is 6.79 Å². The summed E-state index contributed by atoms with van der Waals surface area (Å²) in [5.74, 6) is 0.817. The Kier molecular flexibility index (Phi) is 5.12. The maximum absolute atomic E-state index is 11.9. The molecule has 0 aliphatic carbocycles. The second-order valence-electron chi connectivity index (χ2n) is 6.52. The molecular weight excluding hydrogens is 320 g/mol. The normalized spacial score (nSPS) is 13.7. The second kappa shape index (κ2) is 7.47. The predicted molar refractivity (Wildman–Crippen MR) is 93.4 cm³/mol. The monoisotopic (exact) mass is 342 g/mol. The smallest absolute Gasteiger partial charge is 0.311 e. The van der Waals surface area contributed by atoms with Crippen molar-refractivity contribution in [2.45, 2.75) is 26.2 Å². The van der Waals surface area contributed by atoms with E-state index in [1.807, 2.05) is 24.3 Å². The van der Waals surface area contributed by atoms with Crippen LogP contribution in [0.4, 0.5) is 0 Å². The van der Waals surface area contributed by atoms with Gasteiger partial charge in [0.2, 0.25) is 6.79 Å². The molecule has 25 heavy (non-hydrogen) atoms. The first-order valence-electron chi connectivity index (χ1n) is 8.37. The van der Waals surface area contributed by atoms with Crippen LogP contribution in [0.1, 0.15) is 30.9 Å². The zero-order chi connectivity index (χ0) is 17.8. The van der Waals surface area contributed by atoms with Gasteiger partial charge in [-0.1, -0.05) is 38.1 Å². The first-order valence-corrected chi connectivity index (χ1v) is 8.37. The van der Waals surface area contributed by atoms with Gasteiger partial charge in [-0.25, -0.2) is 0 Å². The molecule has 0 amide bonds. The molecule has 0 bridgehead atoms. The van der Waals surface area contributed by atoms with Gasteiger partial charge in [0.1, 0.15) is 5.75 Å². The molecule has 1 heterocycles. The van der Waals surface area contributed by atoms with Gasteiger partial charge in [0.05, 0.1) is 12.5 Å². The molecule has 3 rings (SSSR count). The van der Waals surface area contributed by atoms with Gasteiger partial charge < -0.3 is 19.3 Å². The van der Waals surface area contributed by atoms with Crippen molar-refractivity contribution in [3.63, 3.8) is 0 Å². The summed E-state index contributed by atoms with van der Waals surface area (Å²) < 4.78 is 16.5. The summed E-state index contributed by atoms with van der Waals surface area (Å²) in [5.41, 5.74) is 1.57. The van der Waals surface area contributed by atoms with Crippen LogP contribution in [0.2, 0.25) is 0 Å². The van der Waals surface area contributed by atoms with E-state index < -0.39 is 11.9 Å². The van der Waals surface area contributed by atoms with Crippen LogP contribution in [0.3, 0.4) is 0 Å². The molecule has 0 saturated heterocycles. The van der Waals surface area contributed by atoms with E-state index in [2.05, 4.69) is 13.8 Å². The lowest BCUT2D eigenvalue weighted by molar-refractivity contribution is -0.138. The van der Waals surface area contributed by atoms with Crippen LogP contribution in [-0.2, 0) is 11.2 Å². The van der Waals surface area contributed by atoms with Crippen LogP contribution >= 0.6 is 0 Å². The summed E-state index contributed by atoms with van der Waals surface area (Å²) in [6.45, 7) is 4.92. The molecule has 0 spiro atoms. The third-order valence-electron chi connectivity index (χ3n) is 4.07. The molecule has 1 aliphatic rings. The standard InChI is InChI=1S/C20H22O5/c1-13(2)11-23-17-6-4-3-5-15(17)9-16(20(21)22)14-7-8-18-19(10-14)25-12-24-18/h3-8,10,13,16H,9,11-12H2,1-2H3,(H,21,22). The predicted octanol–water partition coefficient (Wildman–Crippen LogP) is 3.86. The number of rotatable bonds is 7. The molecule has 5 heteroatoms. The Labute approximate surface area is 147 Å². The maximum atomic E-state index is 11.9. The van der Waals surface area contributed by atoms with E-state index in [9.17, 15) is 9.90 Å². The van der Waals surface area contributed by atoms with E-state index in [1.165, 1.54) is 0 Å². The molecule has 2 aromatic rings. The van der Waals surface area contributed by atoms with Crippen LogP contribution in [0.15, 0.2) is 42.5 Å². The molecule has 1 aliphatic heterocycles. The van der Waals surface area contributed by atoms with Crippen LogP contribution in [0.25, 0.3) is 0 Å². The third-order valence-corrected chi connectivity index (χ3v) is 4.07. The lowest BCUT2D eigenvalue weighted by Crippen LogP contribution is -2.15. The molecule has 2 aromatic carbocycles. The Bertz CT molecular complexity index is 754. The van der Waals surface area contributed by atoms with Crippen molar-refractivity contribution in [1.29, 1.82) is 0 Å².